The number of aliphatic hydroxyl groups is 1. The van der Waals surface area contributed by atoms with Gasteiger partial charge in [-0.2, -0.15) is 0 Å². The first kappa shape index (κ1) is 15.7. The van der Waals surface area contributed by atoms with Gasteiger partial charge in [-0.15, -0.1) is 11.3 Å². The fourth-order valence-corrected chi connectivity index (χ4v) is 4.37. The highest BCUT2D eigenvalue weighted by Crippen LogP contribution is 2.34. The summed E-state index contributed by atoms with van der Waals surface area (Å²) >= 11 is 1.45. The molecule has 1 saturated heterocycles. The minimum Gasteiger partial charge on any atom is -0.386 e. The second-order valence-electron chi connectivity index (χ2n) is 6.58. The highest BCUT2D eigenvalue weighted by atomic mass is 32.1. The molecule has 0 saturated carbocycles. The maximum absolute atomic E-state index is 12.0. The molecular weight excluding hydrogens is 324 g/mol. The van der Waals surface area contributed by atoms with Crippen molar-refractivity contribution in [3.63, 3.8) is 0 Å². The molecule has 126 valence electrons. The van der Waals surface area contributed by atoms with E-state index in [1.54, 1.807) is 18.5 Å². The predicted octanol–water partition coefficient (Wildman–Crippen LogP) is 1.49. The fraction of sp³-hybridized carbons (Fsp3) is 0.471. The Balaban J connectivity index is 1.43. The molecule has 24 heavy (non-hydrogen) atoms. The molecule has 2 aromatic heterocycles. The van der Waals surface area contributed by atoms with Gasteiger partial charge in [0.05, 0.1) is 0 Å². The van der Waals surface area contributed by atoms with E-state index in [2.05, 4.69) is 20.9 Å². The summed E-state index contributed by atoms with van der Waals surface area (Å²) in [5.41, 5.74) is 1.24. The van der Waals surface area contributed by atoms with Crippen LogP contribution < -0.4 is 5.56 Å². The monoisotopic (exact) mass is 344 g/mol. The Morgan fingerprint density at radius 2 is 2.33 bits per heavy atom. The van der Waals surface area contributed by atoms with Crippen molar-refractivity contribution in [2.24, 2.45) is 10.9 Å². The molecule has 4 heterocycles. The number of hydrogen-bond acceptors (Lipinski definition) is 6. The number of aromatic nitrogens is 2. The molecule has 1 N–H and O–H groups in total. The Labute approximate surface area is 144 Å². The average Bonchev–Trinajstić information content (AvgIpc) is 3.07. The Kier molecular flexibility index (Phi) is 4.30. The normalized spacial score (nSPS) is 24.9. The number of likely N-dealkylation sites (tertiary alicyclic amines) is 1. The topological polar surface area (TPSA) is 70.7 Å². The van der Waals surface area contributed by atoms with Crippen molar-refractivity contribution in [2.45, 2.75) is 25.0 Å². The first-order chi connectivity index (χ1) is 11.7. The lowest BCUT2D eigenvalue weighted by Gasteiger charge is -2.43. The second-order valence-corrected chi connectivity index (χ2v) is 7.45. The molecule has 0 aliphatic carbocycles. The van der Waals surface area contributed by atoms with Crippen LogP contribution in [0, 0.1) is 5.92 Å². The van der Waals surface area contributed by atoms with Crippen LogP contribution in [-0.4, -0.2) is 51.5 Å². The standard InChI is InChI=1S/C17H20N4O2S/c22-14(7-19-17-18-4-5-24-17)11-20-8-12-6-13(10-20)15-2-1-3-16(23)21(15)9-12/h1-5,7,12-14,22H,6,8-11H2/t12-,13+,14-/m1/s1. The van der Waals surface area contributed by atoms with Crippen molar-refractivity contribution in [1.82, 2.24) is 14.5 Å². The van der Waals surface area contributed by atoms with Crippen molar-refractivity contribution in [2.75, 3.05) is 19.6 Å². The second kappa shape index (κ2) is 6.58. The fourth-order valence-electron chi connectivity index (χ4n) is 3.89. The van der Waals surface area contributed by atoms with Gasteiger partial charge in [0.1, 0.15) is 6.10 Å². The Bertz CT molecular complexity index is 786. The number of piperidine rings is 1. The number of aliphatic hydroxyl groups excluding tert-OH is 1. The number of β-amino-alcohol motifs (C(OH)–C–C–N with tert-alkyl or cyclic N) is 1. The average molecular weight is 344 g/mol. The van der Waals surface area contributed by atoms with E-state index in [1.807, 2.05) is 16.0 Å². The number of thiazole rings is 1. The van der Waals surface area contributed by atoms with Gasteiger partial charge in [0.25, 0.3) is 5.56 Å². The smallest absolute Gasteiger partial charge is 0.250 e. The van der Waals surface area contributed by atoms with Gasteiger partial charge in [-0.25, -0.2) is 9.98 Å². The van der Waals surface area contributed by atoms with Crippen LogP contribution in [0.5, 0.6) is 0 Å². The summed E-state index contributed by atoms with van der Waals surface area (Å²) in [6.45, 7) is 3.14. The molecule has 0 spiro atoms. The molecule has 4 rings (SSSR count). The van der Waals surface area contributed by atoms with Crippen LogP contribution in [0.1, 0.15) is 18.0 Å². The maximum Gasteiger partial charge on any atom is 0.250 e. The molecule has 2 bridgehead atoms. The third-order valence-corrected chi connectivity index (χ3v) is 5.46. The molecule has 7 heteroatoms. The van der Waals surface area contributed by atoms with E-state index < -0.39 is 6.10 Å². The van der Waals surface area contributed by atoms with E-state index in [4.69, 9.17) is 0 Å². The number of aliphatic imine (C=N–C) groups is 1. The molecule has 1 fully saturated rings. The Morgan fingerprint density at radius 3 is 3.17 bits per heavy atom. The van der Waals surface area contributed by atoms with E-state index >= 15 is 0 Å². The summed E-state index contributed by atoms with van der Waals surface area (Å²) in [6.07, 6.45) is 3.80. The lowest BCUT2D eigenvalue weighted by atomic mass is 9.83. The zero-order valence-electron chi connectivity index (χ0n) is 13.3. The van der Waals surface area contributed by atoms with Crippen LogP contribution in [0.3, 0.4) is 0 Å². The molecule has 2 aromatic rings. The lowest BCUT2D eigenvalue weighted by Crippen LogP contribution is -2.49. The predicted molar refractivity (Wildman–Crippen MR) is 94.3 cm³/mol. The van der Waals surface area contributed by atoms with E-state index in [1.165, 1.54) is 11.3 Å². The SMILES string of the molecule is O=c1cccc2n1C[C@@H]1C[C@H]2CN(C[C@H](O)C=Nc2nccs2)C1. The van der Waals surface area contributed by atoms with Crippen LogP contribution >= 0.6 is 11.3 Å². The summed E-state index contributed by atoms with van der Waals surface area (Å²) in [5, 5.41) is 12.8. The molecular formula is C17H20N4O2S. The maximum atomic E-state index is 12.0. The minimum absolute atomic E-state index is 0.103. The van der Waals surface area contributed by atoms with Gasteiger partial charge < -0.3 is 9.67 Å². The van der Waals surface area contributed by atoms with Gasteiger partial charge in [-0.1, -0.05) is 6.07 Å². The summed E-state index contributed by atoms with van der Waals surface area (Å²) < 4.78 is 1.93. The van der Waals surface area contributed by atoms with Crippen molar-refractivity contribution in [1.29, 1.82) is 0 Å². The lowest BCUT2D eigenvalue weighted by molar-refractivity contribution is 0.0868. The molecule has 6 nitrogen and oxygen atoms in total. The van der Waals surface area contributed by atoms with Gasteiger partial charge in [0.2, 0.25) is 5.13 Å². The molecule has 0 aromatic carbocycles. The number of nitrogens with zero attached hydrogens (tertiary/aromatic N) is 4. The van der Waals surface area contributed by atoms with Crippen LogP contribution in [-0.2, 0) is 6.54 Å². The third-order valence-electron chi connectivity index (χ3n) is 4.78. The summed E-state index contributed by atoms with van der Waals surface area (Å²) in [6, 6.07) is 5.55. The summed E-state index contributed by atoms with van der Waals surface area (Å²) in [5.74, 6) is 0.842. The van der Waals surface area contributed by atoms with E-state index in [0.717, 1.165) is 31.7 Å². The van der Waals surface area contributed by atoms with Crippen molar-refractivity contribution >= 4 is 22.7 Å². The van der Waals surface area contributed by atoms with Gasteiger partial charge in [0.15, 0.2) is 0 Å². The Morgan fingerprint density at radius 1 is 1.42 bits per heavy atom. The molecule has 0 radical (unpaired) electrons. The van der Waals surface area contributed by atoms with Crippen LogP contribution in [0.4, 0.5) is 5.13 Å². The highest BCUT2D eigenvalue weighted by Gasteiger charge is 2.34. The molecule has 2 aliphatic rings. The van der Waals surface area contributed by atoms with Crippen molar-refractivity contribution in [3.05, 3.63) is 45.8 Å². The first-order valence-corrected chi connectivity index (χ1v) is 9.11. The summed E-state index contributed by atoms with van der Waals surface area (Å²) in [4.78, 5) is 22.6. The third kappa shape index (κ3) is 3.19. The Hall–Kier alpha value is -1.83. The molecule has 3 atom stereocenters. The van der Waals surface area contributed by atoms with Gasteiger partial charge in [-0.3, -0.25) is 9.69 Å². The first-order valence-electron chi connectivity index (χ1n) is 8.23. The largest absolute Gasteiger partial charge is 0.386 e. The van der Waals surface area contributed by atoms with Gasteiger partial charge >= 0.3 is 0 Å². The van der Waals surface area contributed by atoms with E-state index in [-0.39, 0.29) is 5.56 Å². The highest BCUT2D eigenvalue weighted by molar-refractivity contribution is 7.13. The van der Waals surface area contributed by atoms with Gasteiger partial charge in [-0.05, 0) is 18.4 Å². The molecule has 0 amide bonds. The van der Waals surface area contributed by atoms with Crippen LogP contribution in [0.15, 0.2) is 39.6 Å². The van der Waals surface area contributed by atoms with Crippen LogP contribution in [0.2, 0.25) is 0 Å². The quantitative estimate of drug-likeness (QED) is 0.853. The number of hydrogen-bond donors (Lipinski definition) is 1. The van der Waals surface area contributed by atoms with E-state index in [0.29, 0.717) is 23.5 Å². The number of pyridine rings is 1. The zero-order chi connectivity index (χ0) is 16.5. The van der Waals surface area contributed by atoms with Crippen molar-refractivity contribution < 1.29 is 5.11 Å². The summed E-state index contributed by atoms with van der Waals surface area (Å²) in [7, 11) is 0. The molecule has 0 unspecified atom stereocenters. The van der Waals surface area contributed by atoms with Gasteiger partial charge in [0, 0.05) is 61.6 Å². The molecule has 2 aliphatic heterocycles. The zero-order valence-corrected chi connectivity index (χ0v) is 14.1. The van der Waals surface area contributed by atoms with E-state index in [9.17, 15) is 9.90 Å². The number of fused-ring (bicyclic) bond motifs is 4. The minimum atomic E-state index is -0.606. The van der Waals surface area contributed by atoms with Crippen LogP contribution in [0.25, 0.3) is 0 Å². The number of rotatable bonds is 4. The van der Waals surface area contributed by atoms with Crippen molar-refractivity contribution in [3.8, 4) is 0 Å².